The number of benzene rings is 4. The number of furan rings is 2. The minimum Gasteiger partial charge on any atom is -0.495 e. The van der Waals surface area contributed by atoms with Crippen molar-refractivity contribution in [2.45, 2.75) is 61.2 Å². The molecule has 0 radical (unpaired) electrons. The van der Waals surface area contributed by atoms with Crippen molar-refractivity contribution in [3.05, 3.63) is 97.5 Å². The number of guanidine groups is 2. The molecule has 2 aromatic heterocycles. The van der Waals surface area contributed by atoms with E-state index in [0.717, 1.165) is 55.9 Å². The highest BCUT2D eigenvalue weighted by Crippen LogP contribution is 2.42. The van der Waals surface area contributed by atoms with E-state index in [4.69, 9.17) is 29.8 Å². The Morgan fingerprint density at radius 3 is 1.38 bits per heavy atom. The Kier molecular flexibility index (Phi) is 18.8. The van der Waals surface area contributed by atoms with Crippen molar-refractivity contribution in [2.24, 2.45) is 21.5 Å². The zero-order valence-corrected chi connectivity index (χ0v) is 40.0. The molecule has 4 heterocycles. The first-order valence-corrected chi connectivity index (χ1v) is 24.4. The van der Waals surface area contributed by atoms with Gasteiger partial charge in [-0.1, -0.05) is 49.2 Å². The van der Waals surface area contributed by atoms with E-state index >= 15 is 0 Å². The van der Waals surface area contributed by atoms with E-state index in [9.17, 15) is 0 Å². The lowest BCUT2D eigenvalue weighted by Gasteiger charge is -2.26. The van der Waals surface area contributed by atoms with Gasteiger partial charge in [-0.15, -0.1) is 23.5 Å². The van der Waals surface area contributed by atoms with Crippen LogP contribution in [0.15, 0.2) is 126 Å². The first-order chi connectivity index (χ1) is 31.4. The summed E-state index contributed by atoms with van der Waals surface area (Å²) in [6, 6.07) is 28.5. The van der Waals surface area contributed by atoms with Gasteiger partial charge in [0.15, 0.2) is 0 Å². The number of methoxy groups -OCH3 is 2. The lowest BCUT2D eigenvalue weighted by Crippen LogP contribution is -2.33. The van der Waals surface area contributed by atoms with Crippen LogP contribution in [0.2, 0.25) is 0 Å². The minimum absolute atomic E-state index is 0. The maximum absolute atomic E-state index is 6.36. The molecule has 0 spiro atoms. The lowest BCUT2D eigenvalue weighted by molar-refractivity contribution is 0.230. The van der Waals surface area contributed by atoms with Gasteiger partial charge in [0.2, 0.25) is 23.7 Å². The molecule has 6 N–H and O–H groups in total. The van der Waals surface area contributed by atoms with E-state index in [2.05, 4.69) is 44.1 Å². The van der Waals surface area contributed by atoms with E-state index in [0.29, 0.717) is 23.7 Å². The average molecular weight is 923 g/mol. The topological polar surface area (TPSA) is 166 Å². The molecule has 0 unspecified atom stereocenters. The second-order valence-electron chi connectivity index (χ2n) is 16.0. The summed E-state index contributed by atoms with van der Waals surface area (Å²) < 4.78 is 23.3. The third kappa shape index (κ3) is 12.5. The van der Waals surface area contributed by atoms with E-state index < -0.39 is 0 Å². The van der Waals surface area contributed by atoms with Crippen molar-refractivity contribution in [3.8, 4) is 11.5 Å². The summed E-state index contributed by atoms with van der Waals surface area (Å²) in [4.78, 5) is 19.7. The van der Waals surface area contributed by atoms with Crippen LogP contribution in [0.5, 0.6) is 11.5 Å². The molecule has 0 bridgehead atoms. The number of nitrogens with zero attached hydrogens (tertiary/aromatic N) is 6. The molecule has 0 amide bonds. The number of likely N-dealkylation sites (tertiary alicyclic amines) is 2. The van der Waals surface area contributed by atoms with Gasteiger partial charge in [-0.25, -0.2) is 9.80 Å². The molecule has 8 rings (SSSR count). The number of fused-ring (bicyclic) bond motifs is 2. The van der Waals surface area contributed by atoms with Gasteiger partial charge in [0.25, 0.3) is 0 Å². The van der Waals surface area contributed by atoms with E-state index in [-0.39, 0.29) is 5.48 Å². The van der Waals surface area contributed by atoms with Crippen molar-refractivity contribution < 1.29 is 23.8 Å². The lowest BCUT2D eigenvalue weighted by atomic mass is 10.1. The molecule has 2 saturated heterocycles. The molecule has 0 atom stereocenters. The van der Waals surface area contributed by atoms with Crippen LogP contribution in [0.1, 0.15) is 51.4 Å². The smallest absolute Gasteiger partial charge is 0.214 e. The standard InChI is InChI=1S/2C25H32N4O2S.H2O/c2*1-27-25(26)29(24-21-10-5-4-9-19(21)18-31-24)22-17-20(11-12-23(22)30-2)32-16-8-15-28-13-6-3-7-14-28;/h2*4-5,9-12,17-18H,3,6-8,13-16H2,1-2H3,(H2,26,27);1H2. The molecule has 348 valence electrons. The fourth-order valence-corrected chi connectivity index (χ4v) is 10.1. The number of rotatable bonds is 16. The van der Waals surface area contributed by atoms with E-state index in [1.165, 1.54) is 100 Å². The van der Waals surface area contributed by atoms with Gasteiger partial charge in [-0.2, -0.15) is 0 Å². The summed E-state index contributed by atoms with van der Waals surface area (Å²) in [6.07, 6.45) is 14.0. The first-order valence-electron chi connectivity index (χ1n) is 22.5. The van der Waals surface area contributed by atoms with Gasteiger partial charge in [0, 0.05) is 45.4 Å². The third-order valence-corrected chi connectivity index (χ3v) is 13.9. The van der Waals surface area contributed by atoms with Crippen LogP contribution >= 0.6 is 23.5 Å². The zero-order chi connectivity index (χ0) is 44.7. The van der Waals surface area contributed by atoms with Gasteiger partial charge in [0.05, 0.1) is 25.6 Å². The van der Waals surface area contributed by atoms with Crippen LogP contribution in [0.25, 0.3) is 21.5 Å². The number of hydrogen-bond acceptors (Lipinski definition) is 10. The van der Waals surface area contributed by atoms with Crippen molar-refractivity contribution in [1.82, 2.24) is 9.80 Å². The third-order valence-electron chi connectivity index (χ3n) is 11.8. The molecule has 2 aliphatic heterocycles. The van der Waals surface area contributed by atoms with Crippen molar-refractivity contribution >= 4 is 80.1 Å². The predicted molar refractivity (Wildman–Crippen MR) is 273 cm³/mol. The van der Waals surface area contributed by atoms with Crippen LogP contribution in [-0.2, 0) is 0 Å². The Hall–Kier alpha value is -5.32. The number of aliphatic imine (C=N–C) groups is 2. The van der Waals surface area contributed by atoms with E-state index in [1.807, 2.05) is 94.0 Å². The fourth-order valence-electron chi connectivity index (χ4n) is 8.37. The monoisotopic (exact) mass is 922 g/mol. The Morgan fingerprint density at radius 1 is 0.600 bits per heavy atom. The highest BCUT2D eigenvalue weighted by atomic mass is 32.2. The van der Waals surface area contributed by atoms with Crippen molar-refractivity contribution in [2.75, 3.05) is 88.9 Å². The molecule has 65 heavy (non-hydrogen) atoms. The van der Waals surface area contributed by atoms with Crippen molar-refractivity contribution in [1.29, 1.82) is 0 Å². The van der Waals surface area contributed by atoms with Crippen LogP contribution in [0, 0.1) is 0 Å². The average Bonchev–Trinajstić information content (AvgIpc) is 3.97. The van der Waals surface area contributed by atoms with Crippen LogP contribution < -0.4 is 30.7 Å². The molecule has 4 aromatic carbocycles. The SMILES string of the molecule is CN=C(N)N(c1cc(SCCCN2CCCCC2)ccc1OC)c1occ2ccccc12.CN=C(N)N(c1cc(SCCCN2CCCCC2)ccc1OC)c1occ2ccccc12.O. The Bertz CT molecular complexity index is 2290. The predicted octanol–water partition coefficient (Wildman–Crippen LogP) is 10.2. The van der Waals surface area contributed by atoms with Gasteiger partial charge in [-0.05, 0) is 138 Å². The molecule has 15 heteroatoms. The summed E-state index contributed by atoms with van der Waals surface area (Å²) in [5.41, 5.74) is 14.3. The molecule has 6 aromatic rings. The second kappa shape index (κ2) is 24.8. The maximum Gasteiger partial charge on any atom is 0.214 e. The van der Waals surface area contributed by atoms with Gasteiger partial charge in [-0.3, -0.25) is 9.98 Å². The Morgan fingerprint density at radius 2 is 1.00 bits per heavy atom. The molecular formula is C50H66N8O5S2. The van der Waals surface area contributed by atoms with E-state index in [1.54, 1.807) is 40.8 Å². The zero-order valence-electron chi connectivity index (χ0n) is 38.3. The highest BCUT2D eigenvalue weighted by molar-refractivity contribution is 7.99. The first kappa shape index (κ1) is 49.1. The Labute approximate surface area is 392 Å². The van der Waals surface area contributed by atoms with Crippen molar-refractivity contribution in [3.63, 3.8) is 0 Å². The molecule has 13 nitrogen and oxygen atoms in total. The Balaban J connectivity index is 0.000000212. The number of anilines is 4. The summed E-state index contributed by atoms with van der Waals surface area (Å²) >= 11 is 3.72. The number of ether oxygens (including phenoxy) is 2. The molecule has 2 fully saturated rings. The maximum atomic E-state index is 6.36. The van der Waals surface area contributed by atoms with Crippen LogP contribution in [0.3, 0.4) is 0 Å². The van der Waals surface area contributed by atoms with Crippen LogP contribution in [0.4, 0.5) is 23.1 Å². The van der Waals surface area contributed by atoms with Gasteiger partial charge >= 0.3 is 0 Å². The quantitative estimate of drug-likeness (QED) is 0.0409. The summed E-state index contributed by atoms with van der Waals surface area (Å²) in [5.74, 6) is 5.53. The molecule has 2 aliphatic rings. The fraction of sp³-hybridized carbons (Fsp3) is 0.400. The van der Waals surface area contributed by atoms with Gasteiger partial charge in [0.1, 0.15) is 24.0 Å². The molecule has 0 aliphatic carbocycles. The number of nitrogens with two attached hydrogens (primary N) is 2. The molecule has 0 saturated carbocycles. The second-order valence-corrected chi connectivity index (χ2v) is 18.3. The number of piperidine rings is 2. The normalized spacial score (nSPS) is 15.0. The number of thioether (sulfide) groups is 2. The molecular weight excluding hydrogens is 857 g/mol. The number of hydrogen-bond donors (Lipinski definition) is 2. The summed E-state index contributed by atoms with van der Waals surface area (Å²) in [6.45, 7) is 7.35. The summed E-state index contributed by atoms with van der Waals surface area (Å²) in [7, 11) is 6.70. The summed E-state index contributed by atoms with van der Waals surface area (Å²) in [5, 5.41) is 3.97. The minimum atomic E-state index is 0. The highest BCUT2D eigenvalue weighted by Gasteiger charge is 2.25. The van der Waals surface area contributed by atoms with Crippen LogP contribution in [-0.4, -0.2) is 106 Å². The van der Waals surface area contributed by atoms with Gasteiger partial charge < -0.3 is 45.1 Å². The largest absolute Gasteiger partial charge is 0.495 e.